The summed E-state index contributed by atoms with van der Waals surface area (Å²) in [5, 5.41) is 20.9. The number of rotatable bonds is 9. The van der Waals surface area contributed by atoms with Gasteiger partial charge in [-0.25, -0.2) is 4.39 Å². The second-order valence-electron chi connectivity index (χ2n) is 9.01. The Kier molecular flexibility index (Phi) is 9.11. The predicted octanol–water partition coefficient (Wildman–Crippen LogP) is 6.93. The van der Waals surface area contributed by atoms with E-state index in [1.165, 1.54) is 45.2 Å². The van der Waals surface area contributed by atoms with Gasteiger partial charge in [0.05, 0.1) is 32.9 Å². The summed E-state index contributed by atoms with van der Waals surface area (Å²) in [6.07, 6.45) is 0. The number of methoxy groups -OCH3 is 3. The van der Waals surface area contributed by atoms with Crippen LogP contribution < -0.4 is 19.1 Å². The molecule has 1 atom stereocenters. The van der Waals surface area contributed by atoms with Crippen LogP contribution in [0.25, 0.3) is 5.76 Å². The highest BCUT2D eigenvalue weighted by molar-refractivity contribution is 8.00. The zero-order chi connectivity index (χ0) is 30.8. The number of nitrogens with zero attached hydrogens (tertiary/aromatic N) is 3. The Balaban J connectivity index is 1.61. The number of carbonyl (C=O) groups excluding carboxylic acids is 2. The molecule has 14 heteroatoms. The standard InChI is InChI=1S/C29H22Cl2FN3O6S2/c1-39-20-10-16(11-21(40-2)26(20)41-3)23-22(24(36)14-5-8-18(32)9-6-14)25(37)27(38)35(23)28-33-34-29(43-28)42-13-15-4-7-17(30)12-19(15)31/h4-12,23,36H,13H2,1-3H3/b24-22-. The van der Waals surface area contributed by atoms with Crippen molar-refractivity contribution < 1.29 is 33.3 Å². The number of thioether (sulfide) groups is 1. The van der Waals surface area contributed by atoms with E-state index in [0.29, 0.717) is 31.5 Å². The Hall–Kier alpha value is -3.84. The van der Waals surface area contributed by atoms with Crippen molar-refractivity contribution in [3.05, 3.63) is 92.7 Å². The first-order valence-electron chi connectivity index (χ1n) is 12.4. The van der Waals surface area contributed by atoms with Crippen LogP contribution in [0, 0.1) is 5.82 Å². The van der Waals surface area contributed by atoms with Gasteiger partial charge in [0.1, 0.15) is 11.6 Å². The van der Waals surface area contributed by atoms with Crippen LogP contribution in [0.15, 0.2) is 64.5 Å². The van der Waals surface area contributed by atoms with Crippen molar-refractivity contribution in [1.82, 2.24) is 10.2 Å². The van der Waals surface area contributed by atoms with Crippen molar-refractivity contribution in [2.24, 2.45) is 0 Å². The van der Waals surface area contributed by atoms with E-state index in [0.717, 1.165) is 33.9 Å². The number of benzene rings is 3. The lowest BCUT2D eigenvalue weighted by atomic mass is 9.94. The molecule has 0 radical (unpaired) electrons. The number of aromatic nitrogens is 2. The zero-order valence-electron chi connectivity index (χ0n) is 22.8. The Bertz CT molecular complexity index is 1720. The van der Waals surface area contributed by atoms with Crippen LogP contribution in [0.1, 0.15) is 22.7 Å². The Morgan fingerprint density at radius 3 is 2.28 bits per heavy atom. The molecule has 0 aliphatic carbocycles. The number of halogens is 3. The Labute approximate surface area is 263 Å². The predicted molar refractivity (Wildman–Crippen MR) is 163 cm³/mol. The van der Waals surface area contributed by atoms with Crippen molar-refractivity contribution in [2.75, 3.05) is 26.2 Å². The van der Waals surface area contributed by atoms with E-state index in [1.807, 2.05) is 0 Å². The van der Waals surface area contributed by atoms with Crippen LogP contribution in [0.5, 0.6) is 17.2 Å². The molecule has 1 aromatic heterocycles. The molecule has 43 heavy (non-hydrogen) atoms. The number of amides is 1. The SMILES string of the molecule is COc1cc(C2/C(=C(/O)c3ccc(F)cc3)C(=O)C(=O)N2c2nnc(SCc3ccc(Cl)cc3Cl)s2)cc(OC)c1OC. The quantitative estimate of drug-likeness (QED) is 0.0671. The van der Waals surface area contributed by atoms with E-state index >= 15 is 0 Å². The summed E-state index contributed by atoms with van der Waals surface area (Å²) in [6, 6.07) is 12.0. The number of ketones is 1. The normalized spacial score (nSPS) is 16.0. The average Bonchev–Trinajstić information content (AvgIpc) is 3.57. The van der Waals surface area contributed by atoms with Crippen LogP contribution in [0.3, 0.4) is 0 Å². The average molecular weight is 663 g/mol. The van der Waals surface area contributed by atoms with E-state index in [9.17, 15) is 19.1 Å². The number of hydrogen-bond donors (Lipinski definition) is 1. The maximum Gasteiger partial charge on any atom is 0.301 e. The molecule has 9 nitrogen and oxygen atoms in total. The van der Waals surface area contributed by atoms with Gasteiger partial charge in [0.15, 0.2) is 15.8 Å². The van der Waals surface area contributed by atoms with Crippen molar-refractivity contribution in [3.8, 4) is 17.2 Å². The van der Waals surface area contributed by atoms with Gasteiger partial charge in [-0.05, 0) is 59.7 Å². The molecule has 0 spiro atoms. The summed E-state index contributed by atoms with van der Waals surface area (Å²) in [5.74, 6) is -1.65. The second-order valence-corrected chi connectivity index (χ2v) is 12.0. The highest BCUT2D eigenvalue weighted by Gasteiger charge is 2.49. The van der Waals surface area contributed by atoms with Crippen molar-refractivity contribution in [3.63, 3.8) is 0 Å². The third-order valence-corrected chi connectivity index (χ3v) is 9.22. The lowest BCUT2D eigenvalue weighted by Gasteiger charge is -2.24. The minimum absolute atomic E-state index is 0.115. The highest BCUT2D eigenvalue weighted by atomic mass is 35.5. The fraction of sp³-hybridized carbons (Fsp3) is 0.172. The zero-order valence-corrected chi connectivity index (χ0v) is 25.9. The highest BCUT2D eigenvalue weighted by Crippen LogP contribution is 2.48. The maximum atomic E-state index is 13.6. The second kappa shape index (κ2) is 12.8. The fourth-order valence-corrected chi connectivity index (χ4v) is 6.93. The molecule has 1 fully saturated rings. The van der Waals surface area contributed by atoms with E-state index in [2.05, 4.69) is 10.2 Å². The summed E-state index contributed by atoms with van der Waals surface area (Å²) in [5.41, 5.74) is 1.09. The van der Waals surface area contributed by atoms with Gasteiger partial charge in [0.25, 0.3) is 5.78 Å². The van der Waals surface area contributed by atoms with Gasteiger partial charge in [0.2, 0.25) is 10.9 Å². The Morgan fingerprint density at radius 1 is 1.00 bits per heavy atom. The van der Waals surface area contributed by atoms with Gasteiger partial charge in [0, 0.05) is 21.4 Å². The van der Waals surface area contributed by atoms with Gasteiger partial charge >= 0.3 is 5.91 Å². The van der Waals surface area contributed by atoms with Crippen LogP contribution >= 0.6 is 46.3 Å². The molecular weight excluding hydrogens is 640 g/mol. The van der Waals surface area contributed by atoms with Crippen LogP contribution in [-0.4, -0.2) is 48.3 Å². The first kappa shape index (κ1) is 30.6. The number of ether oxygens (including phenoxy) is 3. The van der Waals surface area contributed by atoms with Crippen LogP contribution in [0.4, 0.5) is 9.52 Å². The Morgan fingerprint density at radius 2 is 1.67 bits per heavy atom. The number of anilines is 1. The molecule has 0 saturated carbocycles. The van der Waals surface area contributed by atoms with Crippen molar-refractivity contribution >= 4 is 68.9 Å². The fourth-order valence-electron chi connectivity index (χ4n) is 4.50. The summed E-state index contributed by atoms with van der Waals surface area (Å²) in [7, 11) is 4.30. The molecule has 222 valence electrons. The molecule has 1 N–H and O–H groups in total. The van der Waals surface area contributed by atoms with E-state index < -0.39 is 29.3 Å². The van der Waals surface area contributed by atoms with Crippen molar-refractivity contribution in [2.45, 2.75) is 16.1 Å². The first-order valence-corrected chi connectivity index (χ1v) is 15.0. The molecule has 1 amide bonds. The van der Waals surface area contributed by atoms with Gasteiger partial charge in [-0.15, -0.1) is 10.2 Å². The van der Waals surface area contributed by atoms with Gasteiger partial charge in [-0.2, -0.15) is 0 Å². The number of aliphatic hydroxyl groups is 1. The minimum Gasteiger partial charge on any atom is -0.507 e. The lowest BCUT2D eigenvalue weighted by Crippen LogP contribution is -2.29. The van der Waals surface area contributed by atoms with Gasteiger partial charge in [-0.3, -0.25) is 14.5 Å². The summed E-state index contributed by atoms with van der Waals surface area (Å²) in [6.45, 7) is 0. The molecule has 3 aromatic carbocycles. The number of hydrogen-bond acceptors (Lipinski definition) is 10. The minimum atomic E-state index is -1.17. The maximum absolute atomic E-state index is 13.6. The monoisotopic (exact) mass is 661 g/mol. The van der Waals surface area contributed by atoms with Gasteiger partial charge in [-0.1, -0.05) is 52.4 Å². The molecule has 1 aliphatic heterocycles. The van der Waals surface area contributed by atoms with E-state index in [-0.39, 0.29) is 27.8 Å². The molecule has 1 saturated heterocycles. The summed E-state index contributed by atoms with van der Waals surface area (Å²) >= 11 is 14.7. The van der Waals surface area contributed by atoms with Gasteiger partial charge < -0.3 is 19.3 Å². The first-order chi connectivity index (χ1) is 20.7. The van der Waals surface area contributed by atoms with Crippen LogP contribution in [0.2, 0.25) is 10.0 Å². The van der Waals surface area contributed by atoms with E-state index in [1.54, 1.807) is 30.3 Å². The lowest BCUT2D eigenvalue weighted by molar-refractivity contribution is -0.132. The van der Waals surface area contributed by atoms with Crippen LogP contribution in [-0.2, 0) is 15.3 Å². The molecule has 2 heterocycles. The molecule has 1 aliphatic rings. The third kappa shape index (κ3) is 6.00. The molecular formula is C29H22Cl2FN3O6S2. The molecule has 0 bridgehead atoms. The molecule has 4 aromatic rings. The molecule has 1 unspecified atom stereocenters. The van der Waals surface area contributed by atoms with Crippen molar-refractivity contribution in [1.29, 1.82) is 0 Å². The van der Waals surface area contributed by atoms with E-state index in [4.69, 9.17) is 37.4 Å². The summed E-state index contributed by atoms with van der Waals surface area (Å²) < 4.78 is 30.6. The number of aliphatic hydroxyl groups excluding tert-OH is 1. The smallest absolute Gasteiger partial charge is 0.301 e. The third-order valence-electron chi connectivity index (χ3n) is 6.53. The molecule has 5 rings (SSSR count). The topological polar surface area (TPSA) is 111 Å². The summed E-state index contributed by atoms with van der Waals surface area (Å²) in [4.78, 5) is 28.3. The number of Topliss-reactive ketones (excluding diaryl/α,β-unsaturated/α-hetero) is 1. The largest absolute Gasteiger partial charge is 0.507 e. The number of carbonyl (C=O) groups is 2.